The molecule has 0 amide bonds. The topological polar surface area (TPSA) is 29.3 Å². The average Bonchev–Trinajstić information content (AvgIpc) is 2.79. The summed E-state index contributed by atoms with van der Waals surface area (Å²) in [5, 5.41) is 0. The summed E-state index contributed by atoms with van der Waals surface area (Å²) in [6.07, 6.45) is 2.13. The molecule has 2 unspecified atom stereocenters. The molecule has 2 rings (SSSR count). The number of hydrogen-bond donors (Lipinski definition) is 1. The first-order valence-electron chi connectivity index (χ1n) is 6.73. The highest BCUT2D eigenvalue weighted by Crippen LogP contribution is 2.27. The van der Waals surface area contributed by atoms with Gasteiger partial charge in [-0.25, -0.2) is 4.39 Å². The van der Waals surface area contributed by atoms with Gasteiger partial charge in [-0.2, -0.15) is 0 Å². The van der Waals surface area contributed by atoms with Crippen LogP contribution < -0.4 is 5.73 Å². The van der Waals surface area contributed by atoms with Crippen molar-refractivity contribution in [3.8, 4) is 0 Å². The Hall–Kier alpha value is -0.930. The van der Waals surface area contributed by atoms with Gasteiger partial charge in [-0.15, -0.1) is 0 Å². The maximum absolute atomic E-state index is 12.9. The summed E-state index contributed by atoms with van der Waals surface area (Å²) >= 11 is 0. The van der Waals surface area contributed by atoms with Crippen LogP contribution in [0.2, 0.25) is 0 Å². The summed E-state index contributed by atoms with van der Waals surface area (Å²) in [6, 6.07) is 6.78. The second-order valence-corrected chi connectivity index (χ2v) is 5.84. The third-order valence-electron chi connectivity index (χ3n) is 4.13. The van der Waals surface area contributed by atoms with Gasteiger partial charge in [0.15, 0.2) is 0 Å². The van der Waals surface area contributed by atoms with Crippen LogP contribution in [0.15, 0.2) is 24.3 Å². The minimum Gasteiger partial charge on any atom is -0.329 e. The molecule has 1 aliphatic heterocycles. The monoisotopic (exact) mass is 250 g/mol. The third kappa shape index (κ3) is 2.90. The summed E-state index contributed by atoms with van der Waals surface area (Å²) in [7, 11) is 0. The molecule has 0 bridgehead atoms. The predicted molar refractivity (Wildman–Crippen MR) is 72.9 cm³/mol. The van der Waals surface area contributed by atoms with Crippen LogP contribution in [0, 0.1) is 11.7 Å². The highest BCUT2D eigenvalue weighted by atomic mass is 19.1. The van der Waals surface area contributed by atoms with E-state index >= 15 is 0 Å². The summed E-state index contributed by atoms with van der Waals surface area (Å²) in [6.45, 7) is 7.38. The molecule has 0 spiro atoms. The Balaban J connectivity index is 2.10. The number of halogens is 1. The summed E-state index contributed by atoms with van der Waals surface area (Å²) in [5.74, 6) is 0.576. The molecular formula is C15H23FN2. The minimum atomic E-state index is -0.178. The zero-order valence-electron chi connectivity index (χ0n) is 11.3. The number of benzene rings is 1. The van der Waals surface area contributed by atoms with Crippen LogP contribution in [0.25, 0.3) is 0 Å². The fraction of sp³-hybridized carbons (Fsp3) is 0.600. The Kier molecular flexibility index (Phi) is 4.03. The number of rotatable bonds is 4. The van der Waals surface area contributed by atoms with E-state index in [9.17, 15) is 4.39 Å². The quantitative estimate of drug-likeness (QED) is 0.889. The second-order valence-electron chi connectivity index (χ2n) is 5.84. The van der Waals surface area contributed by atoms with Crippen molar-refractivity contribution in [2.24, 2.45) is 11.7 Å². The molecule has 2 atom stereocenters. The normalized spacial score (nSPS) is 24.1. The fourth-order valence-corrected chi connectivity index (χ4v) is 2.78. The lowest BCUT2D eigenvalue weighted by Crippen LogP contribution is -2.52. The first kappa shape index (κ1) is 13.5. The van der Waals surface area contributed by atoms with Crippen molar-refractivity contribution in [2.45, 2.75) is 32.2 Å². The van der Waals surface area contributed by atoms with Gasteiger partial charge >= 0.3 is 0 Å². The van der Waals surface area contributed by atoms with Crippen molar-refractivity contribution < 1.29 is 4.39 Å². The number of hydrogen-bond acceptors (Lipinski definition) is 2. The predicted octanol–water partition coefficient (Wildman–Crippen LogP) is 2.43. The lowest BCUT2D eigenvalue weighted by Gasteiger charge is -2.38. The van der Waals surface area contributed by atoms with Crippen LogP contribution in [0.5, 0.6) is 0 Å². The van der Waals surface area contributed by atoms with Crippen molar-refractivity contribution in [3.63, 3.8) is 0 Å². The Labute approximate surface area is 109 Å². The molecule has 2 nitrogen and oxygen atoms in total. The molecule has 18 heavy (non-hydrogen) atoms. The van der Waals surface area contributed by atoms with Crippen LogP contribution >= 0.6 is 0 Å². The smallest absolute Gasteiger partial charge is 0.123 e. The number of nitrogens with zero attached hydrogens (tertiary/aromatic N) is 1. The van der Waals surface area contributed by atoms with E-state index in [0.717, 1.165) is 31.0 Å². The Morgan fingerprint density at radius 2 is 2.06 bits per heavy atom. The van der Waals surface area contributed by atoms with Gasteiger partial charge in [0.1, 0.15) is 5.82 Å². The highest BCUT2D eigenvalue weighted by molar-refractivity contribution is 5.19. The Morgan fingerprint density at radius 3 is 2.56 bits per heavy atom. The van der Waals surface area contributed by atoms with Gasteiger partial charge in [0.25, 0.3) is 0 Å². The molecule has 1 heterocycles. The Morgan fingerprint density at radius 1 is 1.39 bits per heavy atom. The van der Waals surface area contributed by atoms with Crippen LogP contribution in [-0.2, 0) is 6.42 Å². The van der Waals surface area contributed by atoms with Crippen molar-refractivity contribution in [1.82, 2.24) is 4.90 Å². The molecule has 3 heteroatoms. The molecule has 100 valence electrons. The van der Waals surface area contributed by atoms with Crippen LogP contribution in [-0.4, -0.2) is 30.1 Å². The van der Waals surface area contributed by atoms with Crippen molar-refractivity contribution in [1.29, 1.82) is 0 Å². The summed E-state index contributed by atoms with van der Waals surface area (Å²) < 4.78 is 12.9. The molecule has 1 aromatic carbocycles. The van der Waals surface area contributed by atoms with E-state index in [-0.39, 0.29) is 11.4 Å². The third-order valence-corrected chi connectivity index (χ3v) is 4.13. The van der Waals surface area contributed by atoms with Crippen LogP contribution in [0.3, 0.4) is 0 Å². The van der Waals surface area contributed by atoms with Crippen molar-refractivity contribution in [3.05, 3.63) is 35.6 Å². The standard InChI is InChI=1S/C15H23FN2/c1-12-7-8-18(10-12)15(2,11-17)9-13-3-5-14(16)6-4-13/h3-6,12H,7-11,17H2,1-2H3. The van der Waals surface area contributed by atoms with Gasteiger partial charge in [-0.05, 0) is 49.9 Å². The van der Waals surface area contributed by atoms with Crippen molar-refractivity contribution >= 4 is 0 Å². The lowest BCUT2D eigenvalue weighted by atomic mass is 9.91. The van der Waals surface area contributed by atoms with E-state index in [1.807, 2.05) is 12.1 Å². The van der Waals surface area contributed by atoms with E-state index in [2.05, 4.69) is 18.7 Å². The molecule has 1 aromatic rings. The molecule has 0 aliphatic carbocycles. The fourth-order valence-electron chi connectivity index (χ4n) is 2.78. The molecule has 0 radical (unpaired) electrons. The molecule has 0 saturated carbocycles. The molecule has 1 saturated heterocycles. The van der Waals surface area contributed by atoms with Gasteiger partial charge in [-0.1, -0.05) is 19.1 Å². The number of nitrogens with two attached hydrogens (primary N) is 1. The molecule has 0 aromatic heterocycles. The second kappa shape index (κ2) is 5.37. The van der Waals surface area contributed by atoms with Gasteiger partial charge in [0.05, 0.1) is 0 Å². The SMILES string of the molecule is CC1CCN(C(C)(CN)Cc2ccc(F)cc2)C1. The van der Waals surface area contributed by atoms with Crippen LogP contribution in [0.4, 0.5) is 4.39 Å². The van der Waals surface area contributed by atoms with Crippen LogP contribution in [0.1, 0.15) is 25.8 Å². The van der Waals surface area contributed by atoms with E-state index in [4.69, 9.17) is 5.73 Å². The highest BCUT2D eigenvalue weighted by Gasteiger charge is 2.34. The minimum absolute atomic E-state index is 0.0113. The van der Waals surface area contributed by atoms with E-state index < -0.39 is 0 Å². The van der Waals surface area contributed by atoms with E-state index in [1.165, 1.54) is 18.6 Å². The lowest BCUT2D eigenvalue weighted by molar-refractivity contribution is 0.138. The van der Waals surface area contributed by atoms with Gasteiger partial charge in [0.2, 0.25) is 0 Å². The Bertz CT molecular complexity index is 390. The average molecular weight is 250 g/mol. The largest absolute Gasteiger partial charge is 0.329 e. The molecule has 1 fully saturated rings. The van der Waals surface area contributed by atoms with E-state index in [0.29, 0.717) is 6.54 Å². The molecular weight excluding hydrogens is 227 g/mol. The molecule has 1 aliphatic rings. The maximum Gasteiger partial charge on any atom is 0.123 e. The van der Waals surface area contributed by atoms with E-state index in [1.54, 1.807) is 0 Å². The summed E-state index contributed by atoms with van der Waals surface area (Å²) in [5.41, 5.74) is 7.14. The zero-order chi connectivity index (χ0) is 13.2. The zero-order valence-corrected chi connectivity index (χ0v) is 11.3. The van der Waals surface area contributed by atoms with Crippen molar-refractivity contribution in [2.75, 3.05) is 19.6 Å². The summed E-state index contributed by atoms with van der Waals surface area (Å²) in [4.78, 5) is 2.49. The van der Waals surface area contributed by atoms with Gasteiger partial charge in [-0.3, -0.25) is 4.90 Å². The first-order chi connectivity index (χ1) is 8.53. The van der Waals surface area contributed by atoms with Gasteiger partial charge < -0.3 is 5.73 Å². The first-order valence-corrected chi connectivity index (χ1v) is 6.73. The van der Waals surface area contributed by atoms with Gasteiger partial charge in [0, 0.05) is 18.6 Å². The number of likely N-dealkylation sites (tertiary alicyclic amines) is 1. The molecule has 2 N–H and O–H groups in total. The maximum atomic E-state index is 12.9.